The summed E-state index contributed by atoms with van der Waals surface area (Å²) >= 11 is 0. The van der Waals surface area contributed by atoms with Gasteiger partial charge in [0.1, 0.15) is 5.75 Å². The van der Waals surface area contributed by atoms with E-state index in [2.05, 4.69) is 28.9 Å². The lowest BCUT2D eigenvalue weighted by atomic mass is 10.1. The van der Waals surface area contributed by atoms with Crippen LogP contribution in [0.1, 0.15) is 19.4 Å². The average Bonchev–Trinajstić information content (AvgIpc) is 2.44. The highest BCUT2D eigenvalue weighted by atomic mass is 16.5. The molecule has 0 saturated carbocycles. The topological polar surface area (TPSA) is 34.1 Å². The highest BCUT2D eigenvalue weighted by Crippen LogP contribution is 2.16. The molecule has 19 heavy (non-hydrogen) atoms. The van der Waals surface area contributed by atoms with Crippen LogP contribution in [0, 0.1) is 0 Å². The van der Waals surface area contributed by atoms with Crippen molar-refractivity contribution in [1.29, 1.82) is 0 Å². The van der Waals surface area contributed by atoms with E-state index in [-0.39, 0.29) is 6.04 Å². The second kappa shape index (κ2) is 6.57. The van der Waals surface area contributed by atoms with Crippen LogP contribution in [0.15, 0.2) is 29.3 Å². The number of aliphatic imine (C=N–C) groups is 1. The van der Waals surface area contributed by atoms with Crippen LogP contribution in [-0.4, -0.2) is 43.6 Å². The number of methoxy groups -OCH3 is 1. The lowest BCUT2D eigenvalue weighted by Crippen LogP contribution is -2.44. The summed E-state index contributed by atoms with van der Waals surface area (Å²) in [6.07, 6.45) is 0. The summed E-state index contributed by atoms with van der Waals surface area (Å²) in [5, 5.41) is 0. The van der Waals surface area contributed by atoms with Gasteiger partial charge in [-0.3, -0.25) is 9.89 Å². The molecule has 1 aromatic rings. The molecular weight excluding hydrogens is 240 g/mol. The van der Waals surface area contributed by atoms with Gasteiger partial charge < -0.3 is 9.47 Å². The Bertz CT molecular complexity index is 428. The number of nitrogens with zero attached hydrogens (tertiary/aromatic N) is 2. The van der Waals surface area contributed by atoms with Gasteiger partial charge in [0.15, 0.2) is 0 Å². The van der Waals surface area contributed by atoms with E-state index < -0.39 is 0 Å². The fourth-order valence-electron chi connectivity index (χ4n) is 2.27. The summed E-state index contributed by atoms with van der Waals surface area (Å²) in [5.74, 6) is 1.76. The minimum atomic E-state index is 0.246. The molecule has 0 aliphatic carbocycles. The van der Waals surface area contributed by atoms with E-state index in [0.717, 1.165) is 31.3 Å². The van der Waals surface area contributed by atoms with E-state index in [1.165, 1.54) is 5.56 Å². The highest BCUT2D eigenvalue weighted by molar-refractivity contribution is 5.82. The minimum absolute atomic E-state index is 0.246. The quantitative estimate of drug-likeness (QED) is 0.835. The van der Waals surface area contributed by atoms with Crippen molar-refractivity contribution in [2.75, 3.05) is 26.8 Å². The molecule has 4 heteroatoms. The van der Waals surface area contributed by atoms with E-state index in [4.69, 9.17) is 9.47 Å². The van der Waals surface area contributed by atoms with Crippen molar-refractivity contribution >= 4 is 5.90 Å². The maximum Gasteiger partial charge on any atom is 0.200 e. The predicted molar refractivity (Wildman–Crippen MR) is 76.8 cm³/mol. The van der Waals surface area contributed by atoms with E-state index in [9.17, 15) is 0 Å². The molecule has 2 rings (SSSR count). The summed E-state index contributed by atoms with van der Waals surface area (Å²) in [6, 6.07) is 8.47. The number of rotatable bonds is 4. The number of hydrogen-bond donors (Lipinski definition) is 0. The molecule has 1 heterocycles. The molecule has 0 saturated heterocycles. The number of benzene rings is 1. The van der Waals surface area contributed by atoms with Crippen LogP contribution in [0.3, 0.4) is 0 Å². The van der Waals surface area contributed by atoms with Gasteiger partial charge >= 0.3 is 0 Å². The molecule has 0 aromatic heterocycles. The SMILES string of the molecule is CCOC1=NCCN(Cc2ccc(OC)cc2)C1C. The number of hydrogen-bond acceptors (Lipinski definition) is 4. The van der Waals surface area contributed by atoms with Crippen molar-refractivity contribution in [2.45, 2.75) is 26.4 Å². The van der Waals surface area contributed by atoms with Crippen LogP contribution in [-0.2, 0) is 11.3 Å². The van der Waals surface area contributed by atoms with Crippen molar-refractivity contribution in [1.82, 2.24) is 4.90 Å². The lowest BCUT2D eigenvalue weighted by molar-refractivity contribution is 0.194. The van der Waals surface area contributed by atoms with Crippen molar-refractivity contribution < 1.29 is 9.47 Å². The maximum absolute atomic E-state index is 5.59. The molecule has 1 atom stereocenters. The van der Waals surface area contributed by atoms with Gasteiger partial charge in [-0.15, -0.1) is 0 Å². The van der Waals surface area contributed by atoms with Crippen molar-refractivity contribution in [2.24, 2.45) is 4.99 Å². The third-order valence-electron chi connectivity index (χ3n) is 3.40. The second-order valence-corrected chi connectivity index (χ2v) is 4.65. The van der Waals surface area contributed by atoms with Crippen molar-refractivity contribution in [3.63, 3.8) is 0 Å². The van der Waals surface area contributed by atoms with Crippen LogP contribution in [0.4, 0.5) is 0 Å². The summed E-state index contributed by atoms with van der Waals surface area (Å²) < 4.78 is 10.8. The van der Waals surface area contributed by atoms with Gasteiger partial charge in [0.05, 0.1) is 26.3 Å². The summed E-state index contributed by atoms with van der Waals surface area (Å²) in [7, 11) is 1.69. The van der Waals surface area contributed by atoms with Crippen LogP contribution in [0.2, 0.25) is 0 Å². The minimum Gasteiger partial charge on any atom is -0.497 e. The monoisotopic (exact) mass is 262 g/mol. The Morgan fingerprint density at radius 2 is 2.05 bits per heavy atom. The summed E-state index contributed by atoms with van der Waals surface area (Å²) in [4.78, 5) is 6.84. The Kier molecular flexibility index (Phi) is 4.80. The molecule has 0 fully saturated rings. The smallest absolute Gasteiger partial charge is 0.200 e. The zero-order valence-electron chi connectivity index (χ0n) is 11.9. The molecule has 0 radical (unpaired) electrons. The normalized spacial score (nSPS) is 19.9. The zero-order chi connectivity index (χ0) is 13.7. The first-order chi connectivity index (χ1) is 9.24. The fourth-order valence-corrected chi connectivity index (χ4v) is 2.27. The third kappa shape index (κ3) is 3.47. The van der Waals surface area contributed by atoms with Crippen LogP contribution >= 0.6 is 0 Å². The van der Waals surface area contributed by atoms with E-state index in [1.54, 1.807) is 7.11 Å². The molecule has 0 amide bonds. The Balaban J connectivity index is 2.00. The summed E-state index contributed by atoms with van der Waals surface area (Å²) in [5.41, 5.74) is 1.28. The first-order valence-corrected chi connectivity index (χ1v) is 6.78. The molecule has 1 unspecified atom stereocenters. The number of ether oxygens (including phenoxy) is 2. The lowest BCUT2D eigenvalue weighted by Gasteiger charge is -2.32. The van der Waals surface area contributed by atoms with Gasteiger partial charge in [-0.1, -0.05) is 12.1 Å². The first-order valence-electron chi connectivity index (χ1n) is 6.78. The average molecular weight is 262 g/mol. The van der Waals surface area contributed by atoms with Crippen LogP contribution in [0.25, 0.3) is 0 Å². The molecule has 0 bridgehead atoms. The highest BCUT2D eigenvalue weighted by Gasteiger charge is 2.23. The molecule has 4 nitrogen and oxygen atoms in total. The molecule has 0 spiro atoms. The molecule has 104 valence electrons. The van der Waals surface area contributed by atoms with Crippen molar-refractivity contribution in [3.05, 3.63) is 29.8 Å². The van der Waals surface area contributed by atoms with Crippen LogP contribution in [0.5, 0.6) is 5.75 Å². The van der Waals surface area contributed by atoms with Gasteiger partial charge in [-0.2, -0.15) is 0 Å². The van der Waals surface area contributed by atoms with Crippen LogP contribution < -0.4 is 4.74 Å². The third-order valence-corrected chi connectivity index (χ3v) is 3.40. The molecule has 1 aliphatic rings. The predicted octanol–water partition coefficient (Wildman–Crippen LogP) is 2.33. The molecule has 0 N–H and O–H groups in total. The Labute approximate surface area is 115 Å². The van der Waals surface area contributed by atoms with E-state index >= 15 is 0 Å². The van der Waals surface area contributed by atoms with E-state index in [0.29, 0.717) is 6.61 Å². The largest absolute Gasteiger partial charge is 0.497 e. The van der Waals surface area contributed by atoms with Gasteiger partial charge in [0, 0.05) is 13.1 Å². The van der Waals surface area contributed by atoms with E-state index in [1.807, 2.05) is 19.1 Å². The first kappa shape index (κ1) is 13.9. The van der Waals surface area contributed by atoms with Gasteiger partial charge in [-0.05, 0) is 31.5 Å². The summed E-state index contributed by atoms with van der Waals surface area (Å²) in [6.45, 7) is 7.53. The van der Waals surface area contributed by atoms with Gasteiger partial charge in [-0.25, -0.2) is 0 Å². The molecule has 1 aliphatic heterocycles. The zero-order valence-corrected chi connectivity index (χ0v) is 11.9. The standard InChI is InChI=1S/C15H22N2O2/c1-4-19-15-12(2)17(10-9-16-15)11-13-5-7-14(18-3)8-6-13/h5-8,12H,4,9-11H2,1-3H3. The molecular formula is C15H22N2O2. The maximum atomic E-state index is 5.59. The Morgan fingerprint density at radius 3 is 2.68 bits per heavy atom. The Hall–Kier alpha value is -1.55. The Morgan fingerprint density at radius 1 is 1.32 bits per heavy atom. The molecule has 1 aromatic carbocycles. The second-order valence-electron chi connectivity index (χ2n) is 4.65. The fraction of sp³-hybridized carbons (Fsp3) is 0.533. The van der Waals surface area contributed by atoms with Gasteiger partial charge in [0.25, 0.3) is 0 Å². The van der Waals surface area contributed by atoms with Gasteiger partial charge in [0.2, 0.25) is 5.90 Å². The van der Waals surface area contributed by atoms with Crippen molar-refractivity contribution in [3.8, 4) is 5.75 Å².